The summed E-state index contributed by atoms with van der Waals surface area (Å²) in [5.74, 6) is 0.732. The quantitative estimate of drug-likeness (QED) is 0.504. The second kappa shape index (κ2) is 10.2. The van der Waals surface area contributed by atoms with E-state index in [0.717, 1.165) is 26.9 Å². The lowest BCUT2D eigenvalue weighted by molar-refractivity contribution is -0.120. The number of halogens is 1. The molecule has 2 N–H and O–H groups in total. The van der Waals surface area contributed by atoms with Crippen molar-refractivity contribution in [2.75, 3.05) is 13.7 Å². The summed E-state index contributed by atoms with van der Waals surface area (Å²) in [6.45, 7) is 2.28. The maximum absolute atomic E-state index is 12.7. The van der Waals surface area contributed by atoms with Crippen LogP contribution >= 0.6 is 15.9 Å². The zero-order valence-electron chi connectivity index (χ0n) is 16.6. The lowest BCUT2D eigenvalue weighted by Crippen LogP contribution is -2.37. The van der Waals surface area contributed by atoms with Crippen LogP contribution in [0.1, 0.15) is 35.7 Å². The van der Waals surface area contributed by atoms with E-state index in [-0.39, 0.29) is 24.5 Å². The van der Waals surface area contributed by atoms with E-state index in [9.17, 15) is 4.79 Å². The van der Waals surface area contributed by atoms with E-state index in [2.05, 4.69) is 33.5 Å². The fraction of sp³-hybridized carbons (Fsp3) is 0.208. The highest BCUT2D eigenvalue weighted by Crippen LogP contribution is 2.24. The van der Waals surface area contributed by atoms with Gasteiger partial charge in [0.15, 0.2) is 0 Å². The van der Waals surface area contributed by atoms with Crippen LogP contribution in [0.3, 0.4) is 0 Å². The van der Waals surface area contributed by atoms with Gasteiger partial charge in [0.25, 0.3) is 0 Å². The van der Waals surface area contributed by atoms with Crippen molar-refractivity contribution in [3.05, 3.63) is 100 Å². The van der Waals surface area contributed by atoms with E-state index in [1.165, 1.54) is 0 Å². The van der Waals surface area contributed by atoms with Gasteiger partial charge in [-0.25, -0.2) is 0 Å². The van der Waals surface area contributed by atoms with Gasteiger partial charge in [-0.3, -0.25) is 4.79 Å². The number of benzene rings is 3. The molecule has 0 bridgehead atoms. The Labute approximate surface area is 180 Å². The molecule has 3 aromatic rings. The molecule has 0 radical (unpaired) electrons. The first kappa shape index (κ1) is 21.1. The summed E-state index contributed by atoms with van der Waals surface area (Å²) in [6, 6.07) is 25.7. The first-order valence-electron chi connectivity index (χ1n) is 9.54. The molecule has 0 aromatic heterocycles. The second-order valence-electron chi connectivity index (χ2n) is 6.84. The van der Waals surface area contributed by atoms with Crippen molar-refractivity contribution in [3.8, 4) is 5.75 Å². The Bertz CT molecular complexity index is 912. The van der Waals surface area contributed by atoms with Crippen molar-refractivity contribution in [2.45, 2.75) is 19.0 Å². The molecule has 0 aliphatic carbocycles. The predicted octanol–water partition coefficient (Wildman–Crippen LogP) is 5.01. The molecular weight excluding hydrogens is 428 g/mol. The number of carbonyl (C=O) groups is 1. The summed E-state index contributed by atoms with van der Waals surface area (Å²) in [6.07, 6.45) is 0. The van der Waals surface area contributed by atoms with E-state index >= 15 is 0 Å². The van der Waals surface area contributed by atoms with Crippen LogP contribution in [-0.2, 0) is 4.79 Å². The van der Waals surface area contributed by atoms with Crippen LogP contribution in [0.15, 0.2) is 83.3 Å². The molecule has 0 unspecified atom stereocenters. The van der Waals surface area contributed by atoms with Crippen molar-refractivity contribution < 1.29 is 9.53 Å². The fourth-order valence-electron chi connectivity index (χ4n) is 3.13. The lowest BCUT2D eigenvalue weighted by atomic mass is 9.98. The van der Waals surface area contributed by atoms with Gasteiger partial charge in [0.1, 0.15) is 5.75 Å². The molecular formula is C24H25BrN2O2. The topological polar surface area (TPSA) is 50.4 Å². The molecule has 29 heavy (non-hydrogen) atoms. The van der Waals surface area contributed by atoms with Crippen molar-refractivity contribution in [1.29, 1.82) is 0 Å². The summed E-state index contributed by atoms with van der Waals surface area (Å²) in [5.41, 5.74) is 3.18. The van der Waals surface area contributed by atoms with Crippen LogP contribution in [0.5, 0.6) is 5.75 Å². The molecule has 150 valence electrons. The average molecular weight is 453 g/mol. The van der Waals surface area contributed by atoms with Gasteiger partial charge in [-0.15, -0.1) is 0 Å². The highest BCUT2D eigenvalue weighted by molar-refractivity contribution is 9.10. The van der Waals surface area contributed by atoms with Crippen molar-refractivity contribution in [2.24, 2.45) is 0 Å². The van der Waals surface area contributed by atoms with Crippen molar-refractivity contribution in [3.63, 3.8) is 0 Å². The molecule has 2 atom stereocenters. The number of nitrogens with one attached hydrogen (secondary N) is 2. The van der Waals surface area contributed by atoms with Crippen molar-refractivity contribution in [1.82, 2.24) is 10.6 Å². The van der Waals surface area contributed by atoms with Gasteiger partial charge < -0.3 is 15.4 Å². The Morgan fingerprint density at radius 2 is 1.48 bits per heavy atom. The normalized spacial score (nSPS) is 12.8. The third-order valence-corrected chi connectivity index (χ3v) is 5.35. The molecule has 0 saturated heterocycles. The minimum absolute atomic E-state index is 0.0568. The number of methoxy groups -OCH3 is 1. The molecule has 0 spiro atoms. The van der Waals surface area contributed by atoms with Gasteiger partial charge in [0.2, 0.25) is 5.91 Å². The molecule has 0 aliphatic heterocycles. The maximum atomic E-state index is 12.7. The molecule has 0 heterocycles. The van der Waals surface area contributed by atoms with Crippen LogP contribution in [0.4, 0.5) is 0 Å². The highest BCUT2D eigenvalue weighted by Gasteiger charge is 2.17. The number of rotatable bonds is 8. The van der Waals surface area contributed by atoms with Gasteiger partial charge in [0, 0.05) is 10.5 Å². The Morgan fingerprint density at radius 1 is 0.897 bits per heavy atom. The van der Waals surface area contributed by atoms with Crippen LogP contribution in [0.25, 0.3) is 0 Å². The second-order valence-corrected chi connectivity index (χ2v) is 7.75. The molecule has 3 aromatic carbocycles. The Morgan fingerprint density at radius 3 is 2.10 bits per heavy atom. The smallest absolute Gasteiger partial charge is 0.234 e. The SMILES string of the molecule is COc1ccc([C@H](NC(=O)CN[C@@H](C)c2ccc(Br)cc2)c2ccccc2)cc1. The molecule has 5 heteroatoms. The first-order valence-corrected chi connectivity index (χ1v) is 10.3. The maximum Gasteiger partial charge on any atom is 0.234 e. The van der Waals surface area contributed by atoms with Crippen molar-refractivity contribution >= 4 is 21.8 Å². The van der Waals surface area contributed by atoms with E-state index in [0.29, 0.717) is 0 Å². The summed E-state index contributed by atoms with van der Waals surface area (Å²) in [4.78, 5) is 12.7. The standard InChI is InChI=1S/C24H25BrN2O2/c1-17(18-8-12-21(25)13-9-18)26-16-23(28)27-24(19-6-4-3-5-7-19)20-10-14-22(29-2)15-11-20/h3-15,17,24,26H,16H2,1-2H3,(H,27,28)/t17-,24+/m0/s1. The van der Waals surface area contributed by atoms with E-state index in [4.69, 9.17) is 4.74 Å². The minimum atomic E-state index is -0.223. The Balaban J connectivity index is 1.68. The van der Waals surface area contributed by atoms with Crippen LogP contribution < -0.4 is 15.4 Å². The number of carbonyl (C=O) groups excluding carboxylic acids is 1. The van der Waals surface area contributed by atoms with E-state index in [1.807, 2.05) is 78.9 Å². The van der Waals surface area contributed by atoms with Crippen LogP contribution in [0, 0.1) is 0 Å². The Hall–Kier alpha value is -2.63. The molecule has 1 amide bonds. The zero-order chi connectivity index (χ0) is 20.6. The highest BCUT2D eigenvalue weighted by atomic mass is 79.9. The summed E-state index contributed by atoms with van der Waals surface area (Å²) < 4.78 is 6.29. The number of hydrogen-bond acceptors (Lipinski definition) is 3. The monoisotopic (exact) mass is 452 g/mol. The van der Waals surface area contributed by atoms with Gasteiger partial charge in [0.05, 0.1) is 19.7 Å². The van der Waals surface area contributed by atoms with E-state index in [1.54, 1.807) is 7.11 Å². The summed E-state index contributed by atoms with van der Waals surface area (Å²) in [7, 11) is 1.64. The third-order valence-electron chi connectivity index (χ3n) is 4.83. The van der Waals surface area contributed by atoms with Crippen LogP contribution in [-0.4, -0.2) is 19.6 Å². The fourth-order valence-corrected chi connectivity index (χ4v) is 3.39. The van der Waals surface area contributed by atoms with Crippen LogP contribution in [0.2, 0.25) is 0 Å². The van der Waals surface area contributed by atoms with Gasteiger partial charge in [-0.2, -0.15) is 0 Å². The number of hydrogen-bond donors (Lipinski definition) is 2. The molecule has 3 rings (SSSR count). The first-order chi connectivity index (χ1) is 14.1. The lowest BCUT2D eigenvalue weighted by Gasteiger charge is -2.21. The largest absolute Gasteiger partial charge is 0.497 e. The molecule has 4 nitrogen and oxygen atoms in total. The average Bonchev–Trinajstić information content (AvgIpc) is 2.77. The van der Waals surface area contributed by atoms with Gasteiger partial charge in [-0.1, -0.05) is 70.5 Å². The third kappa shape index (κ3) is 5.92. The number of amides is 1. The summed E-state index contributed by atoms with van der Waals surface area (Å²) >= 11 is 3.44. The molecule has 0 aliphatic rings. The minimum Gasteiger partial charge on any atom is -0.497 e. The predicted molar refractivity (Wildman–Crippen MR) is 120 cm³/mol. The summed E-state index contributed by atoms with van der Waals surface area (Å²) in [5, 5.41) is 6.45. The Kier molecular flexibility index (Phi) is 7.44. The zero-order valence-corrected chi connectivity index (χ0v) is 18.1. The molecule has 0 saturated carbocycles. The van der Waals surface area contributed by atoms with Gasteiger partial charge >= 0.3 is 0 Å². The van der Waals surface area contributed by atoms with E-state index < -0.39 is 0 Å². The molecule has 0 fully saturated rings. The number of ether oxygens (including phenoxy) is 1. The van der Waals surface area contributed by atoms with Gasteiger partial charge in [-0.05, 0) is 47.9 Å².